The summed E-state index contributed by atoms with van der Waals surface area (Å²) in [7, 11) is 4.72. The van der Waals surface area contributed by atoms with E-state index in [-0.39, 0.29) is 6.03 Å². The van der Waals surface area contributed by atoms with E-state index < -0.39 is 12.0 Å². The maximum atomic E-state index is 11.7. The van der Waals surface area contributed by atoms with Gasteiger partial charge in [-0.15, -0.1) is 0 Å². The van der Waals surface area contributed by atoms with E-state index in [4.69, 9.17) is 9.84 Å². The molecule has 0 aromatic rings. The number of amides is 2. The number of ether oxygens (including phenoxy) is 1. The highest BCUT2D eigenvalue weighted by molar-refractivity contribution is 5.82. The van der Waals surface area contributed by atoms with Crippen LogP contribution in [0.15, 0.2) is 0 Å². The van der Waals surface area contributed by atoms with Crippen LogP contribution in [0.1, 0.15) is 13.3 Å². The summed E-state index contributed by atoms with van der Waals surface area (Å²) in [4.78, 5) is 25.1. The van der Waals surface area contributed by atoms with Crippen LogP contribution < -0.4 is 0 Å². The minimum absolute atomic E-state index is 0.300. The summed E-state index contributed by atoms with van der Waals surface area (Å²) < 4.78 is 4.87. The highest BCUT2D eigenvalue weighted by Crippen LogP contribution is 2.01. The number of hydrogen-bond acceptors (Lipinski definition) is 3. The Labute approximate surface area is 95.8 Å². The van der Waals surface area contributed by atoms with E-state index in [1.807, 2.05) is 0 Å². The predicted molar refractivity (Wildman–Crippen MR) is 59.4 cm³/mol. The lowest BCUT2D eigenvalue weighted by atomic mass is 10.3. The minimum Gasteiger partial charge on any atom is -0.480 e. The standard InChI is InChI=1S/C10H20N2O4/c1-8(9(13)14)12(3)10(15)11(2)6-5-7-16-4/h8H,5-7H2,1-4H3,(H,13,14). The van der Waals surface area contributed by atoms with Gasteiger partial charge in [0.15, 0.2) is 0 Å². The van der Waals surface area contributed by atoms with Crippen molar-refractivity contribution in [1.82, 2.24) is 9.80 Å². The van der Waals surface area contributed by atoms with Gasteiger partial charge in [0.25, 0.3) is 0 Å². The molecule has 0 aliphatic rings. The van der Waals surface area contributed by atoms with Gasteiger partial charge in [-0.05, 0) is 13.3 Å². The molecule has 1 unspecified atom stereocenters. The molecule has 0 saturated carbocycles. The Hall–Kier alpha value is -1.30. The molecule has 0 saturated heterocycles. The van der Waals surface area contributed by atoms with Gasteiger partial charge in [0.2, 0.25) is 0 Å². The zero-order chi connectivity index (χ0) is 12.7. The van der Waals surface area contributed by atoms with Gasteiger partial charge in [-0.1, -0.05) is 0 Å². The van der Waals surface area contributed by atoms with Gasteiger partial charge in [0, 0.05) is 34.4 Å². The third-order valence-electron chi connectivity index (χ3n) is 2.41. The average molecular weight is 232 g/mol. The molecule has 0 heterocycles. The number of carboxylic acids is 1. The number of carbonyl (C=O) groups excluding carboxylic acids is 1. The molecular weight excluding hydrogens is 212 g/mol. The second-order valence-corrected chi connectivity index (χ2v) is 3.68. The maximum absolute atomic E-state index is 11.7. The molecule has 0 fully saturated rings. The van der Waals surface area contributed by atoms with Gasteiger partial charge in [-0.25, -0.2) is 9.59 Å². The normalized spacial score (nSPS) is 12.0. The summed E-state index contributed by atoms with van der Waals surface area (Å²) >= 11 is 0. The Kier molecular flexibility index (Phi) is 6.48. The number of aliphatic carboxylic acids is 1. The van der Waals surface area contributed by atoms with Crippen molar-refractivity contribution in [3.8, 4) is 0 Å². The van der Waals surface area contributed by atoms with Crippen LogP contribution in [0.3, 0.4) is 0 Å². The Bertz CT molecular complexity index is 245. The lowest BCUT2D eigenvalue weighted by Gasteiger charge is -2.27. The van der Waals surface area contributed by atoms with E-state index in [1.165, 1.54) is 23.8 Å². The first-order valence-electron chi connectivity index (χ1n) is 5.11. The molecule has 0 aliphatic carbocycles. The Balaban J connectivity index is 4.16. The van der Waals surface area contributed by atoms with Gasteiger partial charge >= 0.3 is 12.0 Å². The maximum Gasteiger partial charge on any atom is 0.326 e. The molecule has 1 atom stereocenters. The molecule has 0 radical (unpaired) electrons. The largest absolute Gasteiger partial charge is 0.480 e. The van der Waals surface area contributed by atoms with Crippen LogP contribution in [0.25, 0.3) is 0 Å². The van der Waals surface area contributed by atoms with Gasteiger partial charge in [-0.3, -0.25) is 0 Å². The molecule has 0 rings (SSSR count). The molecule has 0 spiro atoms. The summed E-state index contributed by atoms with van der Waals surface area (Å²) in [5, 5.41) is 8.76. The second-order valence-electron chi connectivity index (χ2n) is 3.68. The molecule has 0 bridgehead atoms. The molecule has 94 valence electrons. The first-order valence-corrected chi connectivity index (χ1v) is 5.11. The molecule has 1 N–H and O–H groups in total. The number of carbonyl (C=O) groups is 2. The van der Waals surface area contributed by atoms with Crippen LogP contribution in [0, 0.1) is 0 Å². The van der Waals surface area contributed by atoms with Gasteiger partial charge in [0.05, 0.1) is 0 Å². The monoisotopic (exact) mass is 232 g/mol. The van der Waals surface area contributed by atoms with E-state index in [0.717, 1.165) is 6.42 Å². The number of urea groups is 1. The third kappa shape index (κ3) is 4.48. The van der Waals surface area contributed by atoms with Crippen LogP contribution in [0.5, 0.6) is 0 Å². The topological polar surface area (TPSA) is 70.1 Å². The van der Waals surface area contributed by atoms with Crippen LogP contribution in [0.4, 0.5) is 4.79 Å². The van der Waals surface area contributed by atoms with Gasteiger partial charge in [-0.2, -0.15) is 0 Å². The number of likely N-dealkylation sites (N-methyl/N-ethyl adjacent to an activating group) is 1. The lowest BCUT2D eigenvalue weighted by molar-refractivity contribution is -0.141. The fourth-order valence-corrected chi connectivity index (χ4v) is 1.14. The van der Waals surface area contributed by atoms with Crippen LogP contribution >= 0.6 is 0 Å². The first kappa shape index (κ1) is 14.7. The highest BCUT2D eigenvalue weighted by Gasteiger charge is 2.23. The zero-order valence-corrected chi connectivity index (χ0v) is 10.3. The summed E-state index contributed by atoms with van der Waals surface area (Å²) in [5.41, 5.74) is 0. The molecule has 0 aliphatic heterocycles. The number of hydrogen-bond donors (Lipinski definition) is 1. The van der Waals surface area contributed by atoms with E-state index in [1.54, 1.807) is 14.2 Å². The number of methoxy groups -OCH3 is 1. The molecule has 6 heteroatoms. The highest BCUT2D eigenvalue weighted by atomic mass is 16.5. The summed E-state index contributed by atoms with van der Waals surface area (Å²) in [6.07, 6.45) is 0.730. The molecule has 0 aromatic carbocycles. The fourth-order valence-electron chi connectivity index (χ4n) is 1.14. The second kappa shape index (κ2) is 7.05. The van der Waals surface area contributed by atoms with Crippen LogP contribution in [-0.4, -0.2) is 67.3 Å². The van der Waals surface area contributed by atoms with Crippen molar-refractivity contribution in [1.29, 1.82) is 0 Å². The van der Waals surface area contributed by atoms with Crippen molar-refractivity contribution in [2.75, 3.05) is 34.4 Å². The fraction of sp³-hybridized carbons (Fsp3) is 0.800. The SMILES string of the molecule is COCCCN(C)C(=O)N(C)C(C)C(=O)O. The molecule has 16 heavy (non-hydrogen) atoms. The Morgan fingerprint density at radius 2 is 1.94 bits per heavy atom. The molecule has 2 amide bonds. The van der Waals surface area contributed by atoms with Crippen molar-refractivity contribution >= 4 is 12.0 Å². The minimum atomic E-state index is -1.01. The van der Waals surface area contributed by atoms with E-state index in [9.17, 15) is 9.59 Å². The van der Waals surface area contributed by atoms with E-state index >= 15 is 0 Å². The number of carboxylic acid groups (broad SMARTS) is 1. The summed E-state index contributed by atoms with van der Waals surface area (Å²) in [5.74, 6) is -1.01. The summed E-state index contributed by atoms with van der Waals surface area (Å²) in [6, 6.07) is -1.12. The summed E-state index contributed by atoms with van der Waals surface area (Å²) in [6.45, 7) is 2.60. The van der Waals surface area contributed by atoms with Crippen LogP contribution in [0.2, 0.25) is 0 Å². The number of nitrogens with zero attached hydrogens (tertiary/aromatic N) is 2. The van der Waals surface area contributed by atoms with Crippen LogP contribution in [-0.2, 0) is 9.53 Å². The molecule has 6 nitrogen and oxygen atoms in total. The van der Waals surface area contributed by atoms with E-state index in [2.05, 4.69) is 0 Å². The smallest absolute Gasteiger partial charge is 0.326 e. The first-order chi connectivity index (χ1) is 7.41. The van der Waals surface area contributed by atoms with Gasteiger partial charge < -0.3 is 19.6 Å². The quantitative estimate of drug-likeness (QED) is 0.676. The number of rotatable bonds is 6. The van der Waals surface area contributed by atoms with Crippen molar-refractivity contribution in [2.45, 2.75) is 19.4 Å². The van der Waals surface area contributed by atoms with Crippen molar-refractivity contribution in [3.05, 3.63) is 0 Å². The van der Waals surface area contributed by atoms with Crippen molar-refractivity contribution in [3.63, 3.8) is 0 Å². The van der Waals surface area contributed by atoms with Crippen molar-refractivity contribution in [2.24, 2.45) is 0 Å². The lowest BCUT2D eigenvalue weighted by Crippen LogP contribution is -2.46. The van der Waals surface area contributed by atoms with Gasteiger partial charge in [0.1, 0.15) is 6.04 Å². The van der Waals surface area contributed by atoms with Crippen molar-refractivity contribution < 1.29 is 19.4 Å². The average Bonchev–Trinajstić information content (AvgIpc) is 2.26. The Morgan fingerprint density at radius 3 is 2.38 bits per heavy atom. The molecule has 0 aromatic heterocycles. The predicted octanol–water partition coefficient (Wildman–Crippen LogP) is 0.480. The van der Waals surface area contributed by atoms with E-state index in [0.29, 0.717) is 13.2 Å². The Morgan fingerprint density at radius 1 is 1.38 bits per heavy atom. The third-order valence-corrected chi connectivity index (χ3v) is 2.41. The zero-order valence-electron chi connectivity index (χ0n) is 10.3. The molecular formula is C10H20N2O4.